The van der Waals surface area contributed by atoms with Crippen LogP contribution in [0.5, 0.6) is 23.0 Å². The Hall–Kier alpha value is -5.12. The number of aliphatic hydroxyl groups is 2. The van der Waals surface area contributed by atoms with Crippen LogP contribution in [0.3, 0.4) is 0 Å². The molecule has 2 aromatic rings. The van der Waals surface area contributed by atoms with Gasteiger partial charge < -0.3 is 54.3 Å². The van der Waals surface area contributed by atoms with Gasteiger partial charge in [-0.15, -0.1) is 0 Å². The summed E-state index contributed by atoms with van der Waals surface area (Å²) in [6.07, 6.45) is 3.57. The van der Waals surface area contributed by atoms with E-state index < -0.39 is 95.5 Å². The number of likely N-dealkylation sites (N-methyl/N-ethyl adjacent to an activating group) is 1. The average Bonchev–Trinajstić information content (AvgIpc) is 3.41. The summed E-state index contributed by atoms with van der Waals surface area (Å²) in [4.78, 5) is 54.0. The number of aliphatic hydroxyl groups excluding tert-OH is 2. The lowest BCUT2D eigenvalue weighted by atomic mass is 9.78. The Morgan fingerprint density at radius 3 is 2.23 bits per heavy atom. The summed E-state index contributed by atoms with van der Waals surface area (Å²) in [5.41, 5.74) is -0.0315. The summed E-state index contributed by atoms with van der Waals surface area (Å²) in [6.45, 7) is 12.0. The molecular weight excluding hydrogens is 728 g/mol. The van der Waals surface area contributed by atoms with Crippen molar-refractivity contribution in [3.05, 3.63) is 53.3 Å². The minimum Gasteiger partial charge on any atom is -0.507 e. The SMILES string of the molecule is COC1/C=C/OC2(C)Oc3c(C)c(O)c4c(O)c(cc(OCC(=O)N(C)C)c4c3C2=O)NC(=O)/C(C)=C\C=C\C(C)C(O)C(C)C(O)C(C)C(OC(C)=O)C1C. The zero-order valence-corrected chi connectivity index (χ0v) is 33.7. The van der Waals surface area contributed by atoms with Crippen molar-refractivity contribution in [2.45, 2.75) is 85.6 Å². The van der Waals surface area contributed by atoms with Crippen LogP contribution in [-0.4, -0.2) is 107 Å². The Bertz CT molecular complexity index is 1950. The summed E-state index contributed by atoms with van der Waals surface area (Å²) in [5, 5.41) is 48.1. The van der Waals surface area contributed by atoms with Crippen LogP contribution in [0.2, 0.25) is 0 Å². The molecule has 3 aliphatic heterocycles. The molecule has 0 aromatic heterocycles. The molecule has 5 bridgehead atoms. The third-order valence-electron chi connectivity index (χ3n) is 10.7. The van der Waals surface area contributed by atoms with Crippen LogP contribution in [0.1, 0.15) is 64.4 Å². The third-order valence-corrected chi connectivity index (χ3v) is 10.7. The molecule has 0 saturated carbocycles. The van der Waals surface area contributed by atoms with Crippen LogP contribution < -0.4 is 14.8 Å². The highest BCUT2D eigenvalue weighted by molar-refractivity contribution is 6.21. The molecular formula is C41H54N2O13. The first kappa shape index (κ1) is 43.6. The Balaban J connectivity index is 1.94. The first-order valence-corrected chi connectivity index (χ1v) is 18.4. The second-order valence-corrected chi connectivity index (χ2v) is 15.0. The molecule has 0 aliphatic carbocycles. The molecule has 5 N–H and O–H groups in total. The van der Waals surface area contributed by atoms with E-state index in [1.165, 1.54) is 78.3 Å². The number of allylic oxidation sites excluding steroid dienone is 2. The van der Waals surface area contributed by atoms with E-state index in [1.807, 2.05) is 0 Å². The Morgan fingerprint density at radius 1 is 0.964 bits per heavy atom. The maximum Gasteiger partial charge on any atom is 0.312 e. The largest absolute Gasteiger partial charge is 0.507 e. The fourth-order valence-corrected chi connectivity index (χ4v) is 7.02. The second kappa shape index (κ2) is 17.3. The van der Waals surface area contributed by atoms with Gasteiger partial charge in [0.05, 0.1) is 41.2 Å². The highest BCUT2D eigenvalue weighted by Gasteiger charge is 2.49. The lowest BCUT2D eigenvalue weighted by Crippen LogP contribution is -2.46. The molecule has 0 fully saturated rings. The predicted molar refractivity (Wildman–Crippen MR) is 206 cm³/mol. The topological polar surface area (TPSA) is 211 Å². The molecule has 306 valence electrons. The van der Waals surface area contributed by atoms with Crippen molar-refractivity contribution in [2.24, 2.45) is 23.7 Å². The van der Waals surface area contributed by atoms with Crippen molar-refractivity contribution in [2.75, 3.05) is 33.1 Å². The zero-order valence-electron chi connectivity index (χ0n) is 33.7. The van der Waals surface area contributed by atoms with Crippen LogP contribution in [0, 0.1) is 30.6 Å². The number of anilines is 1. The van der Waals surface area contributed by atoms with Gasteiger partial charge in [0.15, 0.2) is 12.4 Å². The van der Waals surface area contributed by atoms with Crippen molar-refractivity contribution < 1.29 is 63.3 Å². The monoisotopic (exact) mass is 782 g/mol. The first-order valence-electron chi connectivity index (χ1n) is 18.4. The summed E-state index contributed by atoms with van der Waals surface area (Å²) in [7, 11) is 4.49. The van der Waals surface area contributed by atoms with Crippen LogP contribution in [0.15, 0.2) is 42.2 Å². The molecule has 0 saturated heterocycles. The van der Waals surface area contributed by atoms with E-state index in [0.29, 0.717) is 0 Å². The van der Waals surface area contributed by atoms with Gasteiger partial charge in [0.1, 0.15) is 23.4 Å². The molecule has 0 radical (unpaired) electrons. The zero-order chi connectivity index (χ0) is 42.0. The number of phenols is 2. The highest BCUT2D eigenvalue weighted by atomic mass is 16.7. The Kier molecular flexibility index (Phi) is 13.5. The van der Waals surface area contributed by atoms with Crippen molar-refractivity contribution in [1.82, 2.24) is 4.90 Å². The van der Waals surface area contributed by atoms with Gasteiger partial charge in [-0.05, 0) is 19.9 Å². The molecule has 0 spiro atoms. The summed E-state index contributed by atoms with van der Waals surface area (Å²) < 4.78 is 29.5. The number of nitrogens with one attached hydrogen (secondary N) is 1. The summed E-state index contributed by atoms with van der Waals surface area (Å²) in [6, 6.07) is 1.25. The summed E-state index contributed by atoms with van der Waals surface area (Å²) in [5.74, 6) is -8.12. The van der Waals surface area contributed by atoms with Gasteiger partial charge in [0.2, 0.25) is 0 Å². The fraction of sp³-hybridized carbons (Fsp3) is 0.512. The molecule has 15 nitrogen and oxygen atoms in total. The number of ether oxygens (including phenoxy) is 5. The van der Waals surface area contributed by atoms with E-state index in [2.05, 4.69) is 5.32 Å². The summed E-state index contributed by atoms with van der Waals surface area (Å²) >= 11 is 0. The molecule has 3 heterocycles. The van der Waals surface area contributed by atoms with Gasteiger partial charge in [-0.25, -0.2) is 0 Å². The van der Waals surface area contributed by atoms with Gasteiger partial charge in [-0.3, -0.25) is 19.2 Å². The van der Waals surface area contributed by atoms with Gasteiger partial charge in [-0.2, -0.15) is 0 Å². The van der Waals surface area contributed by atoms with Crippen LogP contribution >= 0.6 is 0 Å². The minimum atomic E-state index is -2.02. The number of nitrogens with zero attached hydrogens (tertiary/aromatic N) is 1. The molecule has 3 aliphatic rings. The smallest absolute Gasteiger partial charge is 0.312 e. The van der Waals surface area contributed by atoms with E-state index in [9.17, 15) is 39.6 Å². The number of aromatic hydroxyl groups is 2. The molecule has 5 rings (SSSR count). The second-order valence-electron chi connectivity index (χ2n) is 15.0. The normalized spacial score (nSPS) is 30.8. The van der Waals surface area contributed by atoms with Gasteiger partial charge in [0.25, 0.3) is 17.6 Å². The first-order chi connectivity index (χ1) is 26.2. The number of ketones is 1. The van der Waals surface area contributed by atoms with E-state index in [0.717, 1.165) is 0 Å². The van der Waals surface area contributed by atoms with E-state index >= 15 is 0 Å². The Morgan fingerprint density at radius 2 is 1.62 bits per heavy atom. The molecule has 9 atom stereocenters. The number of carbonyl (C=O) groups excluding carboxylic acids is 4. The highest BCUT2D eigenvalue weighted by Crippen LogP contribution is 2.54. The Labute approximate surface area is 326 Å². The fourth-order valence-electron chi connectivity index (χ4n) is 7.02. The van der Waals surface area contributed by atoms with Crippen molar-refractivity contribution in [3.63, 3.8) is 0 Å². The van der Waals surface area contributed by atoms with Crippen LogP contribution in [0.25, 0.3) is 10.8 Å². The number of Topliss-reactive ketones (excluding diaryl/α,β-unsaturated/α-hetero) is 1. The molecule has 2 amide bonds. The van der Waals surface area contributed by atoms with E-state index in [1.54, 1.807) is 39.8 Å². The lowest BCUT2D eigenvalue weighted by molar-refractivity contribution is -0.160. The minimum absolute atomic E-state index is 0.0631. The number of hydrogen-bond donors (Lipinski definition) is 5. The number of phenolic OH excluding ortho intramolecular Hbond substituents is 2. The molecule has 2 aromatic carbocycles. The standard InChI is InChI=1S/C41H54N2O13/c1-19-13-12-14-20(2)40(51)42-26-17-28(53-18-29(45)43(9)10)30-31(36(26)49)35(48)24(6)38-32(30)39(50)41(8,56-38)54-16-15-27(52-11)21(3)37(55-25(7)44)23(5)34(47)22(4)33(19)46/h12-17,19,21-23,27,33-34,37,46-49H,18H2,1-11H3,(H,42,51)/b13-12+,16-15+,20-14-. The third kappa shape index (κ3) is 8.64. The average molecular weight is 783 g/mol. The number of benzene rings is 2. The van der Waals surface area contributed by atoms with Gasteiger partial charge >= 0.3 is 11.8 Å². The maximum atomic E-state index is 14.4. The molecule has 9 unspecified atom stereocenters. The number of hydrogen-bond acceptors (Lipinski definition) is 13. The number of methoxy groups -OCH3 is 1. The number of amides is 2. The molecule has 15 heteroatoms. The number of carbonyl (C=O) groups is 4. The number of fused-ring (bicyclic) bond motifs is 14. The van der Waals surface area contributed by atoms with E-state index in [-0.39, 0.29) is 44.7 Å². The molecule has 56 heavy (non-hydrogen) atoms. The lowest BCUT2D eigenvalue weighted by Gasteiger charge is -2.38. The van der Waals surface area contributed by atoms with Crippen molar-refractivity contribution >= 4 is 40.0 Å². The van der Waals surface area contributed by atoms with Crippen LogP contribution in [-0.2, 0) is 28.6 Å². The van der Waals surface area contributed by atoms with Crippen LogP contribution in [0.4, 0.5) is 5.69 Å². The number of esters is 1. The quantitative estimate of drug-likeness (QED) is 0.209. The van der Waals surface area contributed by atoms with Gasteiger partial charge in [-0.1, -0.05) is 45.9 Å². The maximum absolute atomic E-state index is 14.4. The van der Waals surface area contributed by atoms with Crippen molar-refractivity contribution in [3.8, 4) is 23.0 Å². The van der Waals surface area contributed by atoms with Gasteiger partial charge in [0, 0.05) is 81.3 Å². The van der Waals surface area contributed by atoms with E-state index in [4.69, 9.17) is 23.7 Å². The van der Waals surface area contributed by atoms with Crippen molar-refractivity contribution in [1.29, 1.82) is 0 Å². The number of rotatable bonds is 5. The predicted octanol–water partition coefficient (Wildman–Crippen LogP) is 4.52.